The van der Waals surface area contributed by atoms with Crippen LogP contribution in [-0.4, -0.2) is 39.8 Å². The molecule has 0 atom stereocenters. The Balaban J connectivity index is 1.68. The molecule has 0 saturated carbocycles. The normalized spacial score (nSPS) is 15.6. The van der Waals surface area contributed by atoms with Crippen LogP contribution in [0.15, 0.2) is 36.8 Å². The fraction of sp³-hybridized carbons (Fsp3) is 0.391. The molecule has 4 aromatic rings. The van der Waals surface area contributed by atoms with E-state index in [-0.39, 0.29) is 0 Å². The maximum atomic E-state index is 5.58. The van der Waals surface area contributed by atoms with Crippen LogP contribution in [0.2, 0.25) is 0 Å². The Morgan fingerprint density at radius 2 is 2.00 bits per heavy atom. The van der Waals surface area contributed by atoms with Crippen molar-refractivity contribution in [2.75, 3.05) is 20.2 Å². The summed E-state index contributed by atoms with van der Waals surface area (Å²) in [4.78, 5) is 3.68. The first-order valence-electron chi connectivity index (χ1n) is 10.4. The Kier molecular flexibility index (Phi) is 4.51. The number of hydrogen-bond acceptors (Lipinski definition) is 4. The number of fused-ring (bicyclic) bond motifs is 2. The van der Waals surface area contributed by atoms with Crippen molar-refractivity contribution in [1.29, 1.82) is 0 Å². The van der Waals surface area contributed by atoms with Crippen LogP contribution >= 0.6 is 0 Å². The molecule has 0 amide bonds. The van der Waals surface area contributed by atoms with Gasteiger partial charge in [-0.15, -0.1) is 10.2 Å². The molecule has 29 heavy (non-hydrogen) atoms. The largest absolute Gasteiger partial charge is 0.493 e. The summed E-state index contributed by atoms with van der Waals surface area (Å²) in [6, 6.07) is 9.01. The van der Waals surface area contributed by atoms with Crippen LogP contribution in [0.3, 0.4) is 0 Å². The Hall–Kier alpha value is -2.86. The Morgan fingerprint density at radius 1 is 1.17 bits per heavy atom. The summed E-state index contributed by atoms with van der Waals surface area (Å²) in [7, 11) is 1.67. The van der Waals surface area contributed by atoms with Crippen LogP contribution in [0.1, 0.15) is 49.7 Å². The molecule has 0 unspecified atom stereocenters. The van der Waals surface area contributed by atoms with Gasteiger partial charge in [0.1, 0.15) is 6.33 Å². The lowest BCUT2D eigenvalue weighted by Gasteiger charge is -2.23. The number of aromatic nitrogens is 4. The van der Waals surface area contributed by atoms with Gasteiger partial charge in [0.25, 0.3) is 0 Å². The second-order valence-electron chi connectivity index (χ2n) is 8.26. The molecule has 2 N–H and O–H groups in total. The topological polar surface area (TPSA) is 67.2 Å². The van der Waals surface area contributed by atoms with Crippen LogP contribution < -0.4 is 10.1 Å². The van der Waals surface area contributed by atoms with E-state index in [2.05, 4.69) is 58.7 Å². The zero-order valence-corrected chi connectivity index (χ0v) is 17.2. The molecule has 3 aromatic heterocycles. The third-order valence-corrected chi connectivity index (χ3v) is 6.12. The number of nitrogens with one attached hydrogen (secondary N) is 2. The smallest absolute Gasteiger partial charge is 0.203 e. The number of rotatable bonds is 4. The van der Waals surface area contributed by atoms with Crippen molar-refractivity contribution in [3.05, 3.63) is 47.9 Å². The molecule has 5 rings (SSSR count). The number of methoxy groups -OCH3 is 1. The molecule has 6 heteroatoms. The summed E-state index contributed by atoms with van der Waals surface area (Å²) >= 11 is 0. The molecular weight excluding hydrogens is 362 g/mol. The highest BCUT2D eigenvalue weighted by Crippen LogP contribution is 2.39. The highest BCUT2D eigenvalue weighted by Gasteiger charge is 2.21. The molecule has 1 saturated heterocycles. The standard InChI is InChI=1S/C23H27N5O/c1-14(2)21-18-10-16(15-6-8-24-9-7-15)4-5-19(18)26-22(21)17-11-20(29-3)23-27-25-13-28(23)12-17/h4-5,10-15,24,26H,6-9H2,1-3H3. The van der Waals surface area contributed by atoms with E-state index in [4.69, 9.17) is 4.74 Å². The number of aromatic amines is 1. The predicted molar refractivity (Wildman–Crippen MR) is 116 cm³/mol. The van der Waals surface area contributed by atoms with Crippen molar-refractivity contribution in [3.63, 3.8) is 0 Å². The van der Waals surface area contributed by atoms with Crippen LogP contribution in [0.25, 0.3) is 27.8 Å². The molecule has 4 heterocycles. The minimum absolute atomic E-state index is 0.393. The third kappa shape index (κ3) is 3.08. The number of pyridine rings is 1. The first-order valence-corrected chi connectivity index (χ1v) is 10.4. The van der Waals surface area contributed by atoms with Gasteiger partial charge in [-0.3, -0.25) is 4.40 Å². The van der Waals surface area contributed by atoms with Gasteiger partial charge in [0, 0.05) is 22.7 Å². The summed E-state index contributed by atoms with van der Waals surface area (Å²) < 4.78 is 7.50. The fourth-order valence-corrected chi connectivity index (χ4v) is 4.66. The number of piperidine rings is 1. The summed E-state index contributed by atoms with van der Waals surface area (Å²) in [6.45, 7) is 6.74. The number of H-pyrrole nitrogens is 1. The van der Waals surface area contributed by atoms with E-state index in [1.807, 2.05) is 10.5 Å². The minimum Gasteiger partial charge on any atom is -0.493 e. The van der Waals surface area contributed by atoms with Crippen LogP contribution in [-0.2, 0) is 0 Å². The maximum Gasteiger partial charge on any atom is 0.203 e. The lowest BCUT2D eigenvalue weighted by molar-refractivity contribution is 0.417. The van der Waals surface area contributed by atoms with Crippen LogP contribution in [0.5, 0.6) is 5.75 Å². The van der Waals surface area contributed by atoms with E-state index >= 15 is 0 Å². The van der Waals surface area contributed by atoms with E-state index in [0.29, 0.717) is 11.8 Å². The first kappa shape index (κ1) is 18.2. The summed E-state index contributed by atoms with van der Waals surface area (Å²) in [5.74, 6) is 1.76. The van der Waals surface area contributed by atoms with E-state index in [1.165, 1.54) is 34.9 Å². The van der Waals surface area contributed by atoms with Gasteiger partial charge in [0.15, 0.2) is 5.75 Å². The van der Waals surface area contributed by atoms with Gasteiger partial charge >= 0.3 is 0 Å². The molecule has 1 aliphatic rings. The Bertz CT molecular complexity index is 1170. The monoisotopic (exact) mass is 389 g/mol. The van der Waals surface area contributed by atoms with E-state index in [0.717, 1.165) is 35.7 Å². The predicted octanol–water partition coefficient (Wildman–Crippen LogP) is 4.48. The molecule has 0 radical (unpaired) electrons. The third-order valence-electron chi connectivity index (χ3n) is 6.12. The van der Waals surface area contributed by atoms with Crippen LogP contribution in [0, 0.1) is 0 Å². The average molecular weight is 390 g/mol. The van der Waals surface area contributed by atoms with Crippen molar-refractivity contribution < 1.29 is 4.74 Å². The van der Waals surface area contributed by atoms with Gasteiger partial charge in [-0.2, -0.15) is 0 Å². The first-order chi connectivity index (χ1) is 14.2. The lowest BCUT2D eigenvalue weighted by Crippen LogP contribution is -2.26. The van der Waals surface area contributed by atoms with Gasteiger partial charge in [0.05, 0.1) is 12.8 Å². The van der Waals surface area contributed by atoms with Crippen molar-refractivity contribution in [2.45, 2.75) is 38.5 Å². The van der Waals surface area contributed by atoms with Crippen molar-refractivity contribution in [2.24, 2.45) is 0 Å². The number of benzene rings is 1. The molecule has 1 aliphatic heterocycles. The van der Waals surface area contributed by atoms with Gasteiger partial charge < -0.3 is 15.0 Å². The maximum absolute atomic E-state index is 5.58. The highest BCUT2D eigenvalue weighted by molar-refractivity contribution is 5.92. The molecule has 0 spiro atoms. The second kappa shape index (κ2) is 7.19. The van der Waals surface area contributed by atoms with E-state index in [9.17, 15) is 0 Å². The summed E-state index contributed by atoms with van der Waals surface area (Å²) in [6.07, 6.45) is 6.21. The number of nitrogens with zero attached hydrogens (tertiary/aromatic N) is 3. The van der Waals surface area contributed by atoms with Crippen LogP contribution in [0.4, 0.5) is 0 Å². The minimum atomic E-state index is 0.393. The SMILES string of the molecule is COc1cc(-c2[nH]c3ccc(C4CCNCC4)cc3c2C(C)C)cn2cnnc12. The van der Waals surface area contributed by atoms with Gasteiger partial charge in [-0.1, -0.05) is 19.9 Å². The van der Waals surface area contributed by atoms with Gasteiger partial charge in [-0.25, -0.2) is 0 Å². The molecule has 0 bridgehead atoms. The fourth-order valence-electron chi connectivity index (χ4n) is 4.66. The lowest BCUT2D eigenvalue weighted by atomic mass is 9.88. The zero-order chi connectivity index (χ0) is 20.0. The molecule has 1 fully saturated rings. The number of ether oxygens (including phenoxy) is 1. The second-order valence-corrected chi connectivity index (χ2v) is 8.26. The average Bonchev–Trinajstić information content (AvgIpc) is 3.37. The quantitative estimate of drug-likeness (QED) is 0.540. The summed E-state index contributed by atoms with van der Waals surface area (Å²) in [5.41, 5.74) is 6.95. The van der Waals surface area contributed by atoms with Crippen molar-refractivity contribution in [3.8, 4) is 17.0 Å². The van der Waals surface area contributed by atoms with Gasteiger partial charge in [-0.05, 0) is 67.1 Å². The van der Waals surface area contributed by atoms with E-state index < -0.39 is 0 Å². The van der Waals surface area contributed by atoms with Gasteiger partial charge in [0.2, 0.25) is 5.65 Å². The Morgan fingerprint density at radius 3 is 2.76 bits per heavy atom. The molecule has 0 aliphatic carbocycles. The van der Waals surface area contributed by atoms with Crippen molar-refractivity contribution in [1.82, 2.24) is 24.9 Å². The molecule has 6 nitrogen and oxygen atoms in total. The zero-order valence-electron chi connectivity index (χ0n) is 17.2. The molecular formula is C23H27N5O. The number of hydrogen-bond donors (Lipinski definition) is 2. The molecule has 1 aromatic carbocycles. The molecule has 150 valence electrons. The summed E-state index contributed by atoms with van der Waals surface area (Å²) in [5, 5.41) is 13.0. The van der Waals surface area contributed by atoms with Crippen molar-refractivity contribution >= 4 is 16.6 Å². The highest BCUT2D eigenvalue weighted by atomic mass is 16.5. The van der Waals surface area contributed by atoms with E-state index in [1.54, 1.807) is 13.4 Å². The Labute approximate surface area is 170 Å².